The molecule has 1 aliphatic heterocycles. The maximum Gasteiger partial charge on any atom is 0.123 e. The van der Waals surface area contributed by atoms with Gasteiger partial charge >= 0.3 is 0 Å². The predicted octanol–water partition coefficient (Wildman–Crippen LogP) is 3.40. The monoisotopic (exact) mass is 271 g/mol. The van der Waals surface area contributed by atoms with Gasteiger partial charge in [0, 0.05) is 28.1 Å². The maximum absolute atomic E-state index is 10.7. The highest BCUT2D eigenvalue weighted by Gasteiger charge is 2.19. The van der Waals surface area contributed by atoms with Gasteiger partial charge in [-0.05, 0) is 38.1 Å². The Morgan fingerprint density at radius 1 is 1.24 bits per heavy atom. The SMILES string of the molecule is O=CC1CCN(Cc2c(Cl)cccc2Cl)CC1. The van der Waals surface area contributed by atoms with Gasteiger partial charge in [0.1, 0.15) is 6.29 Å². The van der Waals surface area contributed by atoms with Gasteiger partial charge in [-0.3, -0.25) is 4.90 Å². The molecule has 2 rings (SSSR count). The van der Waals surface area contributed by atoms with Crippen molar-refractivity contribution in [2.45, 2.75) is 19.4 Å². The molecule has 92 valence electrons. The number of nitrogens with zero attached hydrogens (tertiary/aromatic N) is 1. The standard InChI is InChI=1S/C13H15Cl2NO/c14-12-2-1-3-13(15)11(12)8-16-6-4-10(9-17)5-7-16/h1-3,9-10H,4-8H2. The fraction of sp³-hybridized carbons (Fsp3) is 0.462. The molecule has 0 spiro atoms. The Kier molecular flexibility index (Phi) is 4.43. The van der Waals surface area contributed by atoms with Gasteiger partial charge in [-0.2, -0.15) is 0 Å². The molecular weight excluding hydrogens is 257 g/mol. The van der Waals surface area contributed by atoms with E-state index in [4.69, 9.17) is 23.2 Å². The summed E-state index contributed by atoms with van der Waals surface area (Å²) in [6.45, 7) is 2.64. The van der Waals surface area contributed by atoms with Gasteiger partial charge in [0.25, 0.3) is 0 Å². The Morgan fingerprint density at radius 2 is 1.82 bits per heavy atom. The lowest BCUT2D eigenvalue weighted by atomic mass is 9.98. The van der Waals surface area contributed by atoms with Crippen LogP contribution in [0.15, 0.2) is 18.2 Å². The highest BCUT2D eigenvalue weighted by molar-refractivity contribution is 6.35. The summed E-state index contributed by atoms with van der Waals surface area (Å²) in [5.41, 5.74) is 0.986. The van der Waals surface area contributed by atoms with Crippen LogP contribution in [0.1, 0.15) is 18.4 Å². The molecule has 4 heteroatoms. The molecule has 0 aromatic heterocycles. The number of aldehydes is 1. The molecule has 0 radical (unpaired) electrons. The van der Waals surface area contributed by atoms with Crippen molar-refractivity contribution in [1.29, 1.82) is 0 Å². The van der Waals surface area contributed by atoms with E-state index in [1.54, 1.807) is 0 Å². The second kappa shape index (κ2) is 5.85. The first-order chi connectivity index (χ1) is 8.20. The minimum Gasteiger partial charge on any atom is -0.303 e. The summed E-state index contributed by atoms with van der Waals surface area (Å²) in [7, 11) is 0. The summed E-state index contributed by atoms with van der Waals surface area (Å²) < 4.78 is 0. The highest BCUT2D eigenvalue weighted by atomic mass is 35.5. The van der Waals surface area contributed by atoms with Crippen LogP contribution in [0.25, 0.3) is 0 Å². The third-order valence-electron chi connectivity index (χ3n) is 3.27. The van der Waals surface area contributed by atoms with Crippen LogP contribution in [-0.2, 0) is 11.3 Å². The molecule has 0 atom stereocenters. The number of benzene rings is 1. The molecule has 1 aliphatic rings. The topological polar surface area (TPSA) is 20.3 Å². The summed E-state index contributed by atoms with van der Waals surface area (Å²) in [6, 6.07) is 5.58. The zero-order valence-corrected chi connectivity index (χ0v) is 11.0. The van der Waals surface area contributed by atoms with Crippen LogP contribution in [0.4, 0.5) is 0 Å². The quantitative estimate of drug-likeness (QED) is 0.786. The van der Waals surface area contributed by atoms with Crippen molar-refractivity contribution in [3.63, 3.8) is 0 Å². The Morgan fingerprint density at radius 3 is 2.35 bits per heavy atom. The summed E-state index contributed by atoms with van der Waals surface area (Å²) in [4.78, 5) is 13.0. The molecule has 1 heterocycles. The van der Waals surface area contributed by atoms with Crippen LogP contribution in [0.5, 0.6) is 0 Å². The van der Waals surface area contributed by atoms with E-state index in [2.05, 4.69) is 4.90 Å². The lowest BCUT2D eigenvalue weighted by Gasteiger charge is -2.30. The number of piperidine rings is 1. The van der Waals surface area contributed by atoms with Crippen LogP contribution < -0.4 is 0 Å². The minimum absolute atomic E-state index is 0.230. The highest BCUT2D eigenvalue weighted by Crippen LogP contribution is 2.27. The van der Waals surface area contributed by atoms with Gasteiger partial charge < -0.3 is 4.79 Å². The van der Waals surface area contributed by atoms with Gasteiger partial charge in [-0.15, -0.1) is 0 Å². The Labute approximate surface area is 112 Å². The zero-order chi connectivity index (χ0) is 12.3. The van der Waals surface area contributed by atoms with E-state index in [1.165, 1.54) is 0 Å². The van der Waals surface area contributed by atoms with Crippen LogP contribution in [0.2, 0.25) is 10.0 Å². The van der Waals surface area contributed by atoms with Crippen LogP contribution in [-0.4, -0.2) is 24.3 Å². The van der Waals surface area contributed by atoms with Crippen LogP contribution in [0.3, 0.4) is 0 Å². The molecule has 0 bridgehead atoms. The summed E-state index contributed by atoms with van der Waals surface area (Å²) >= 11 is 12.3. The Hall–Kier alpha value is -0.570. The molecule has 2 nitrogen and oxygen atoms in total. The second-order valence-corrected chi connectivity index (χ2v) is 5.26. The molecular formula is C13H15Cl2NO. The molecule has 0 unspecified atom stereocenters. The first kappa shape index (κ1) is 12.9. The number of likely N-dealkylation sites (tertiary alicyclic amines) is 1. The number of rotatable bonds is 3. The Bertz CT molecular complexity index is 380. The molecule has 1 aromatic carbocycles. The van der Waals surface area contributed by atoms with E-state index < -0.39 is 0 Å². The normalized spacial score (nSPS) is 18.2. The zero-order valence-electron chi connectivity index (χ0n) is 9.53. The van der Waals surface area contributed by atoms with Crippen molar-refractivity contribution < 1.29 is 4.79 Å². The van der Waals surface area contributed by atoms with E-state index in [0.29, 0.717) is 0 Å². The average Bonchev–Trinajstić information content (AvgIpc) is 2.35. The molecule has 1 saturated heterocycles. The molecule has 0 amide bonds. The van der Waals surface area contributed by atoms with Crippen molar-refractivity contribution in [2.75, 3.05) is 13.1 Å². The maximum atomic E-state index is 10.7. The molecule has 0 N–H and O–H groups in total. The van der Waals surface area contributed by atoms with Crippen LogP contribution in [0, 0.1) is 5.92 Å². The number of carbonyl (C=O) groups is 1. The minimum atomic E-state index is 0.230. The van der Waals surface area contributed by atoms with E-state index in [-0.39, 0.29) is 5.92 Å². The third-order valence-corrected chi connectivity index (χ3v) is 3.98. The summed E-state index contributed by atoms with van der Waals surface area (Å²) in [5, 5.41) is 1.44. The van der Waals surface area contributed by atoms with Crippen molar-refractivity contribution in [3.05, 3.63) is 33.8 Å². The molecule has 0 saturated carbocycles. The van der Waals surface area contributed by atoms with Crippen molar-refractivity contribution in [3.8, 4) is 0 Å². The fourth-order valence-corrected chi connectivity index (χ4v) is 2.67. The van der Waals surface area contributed by atoms with E-state index in [1.807, 2.05) is 18.2 Å². The largest absolute Gasteiger partial charge is 0.303 e. The number of hydrogen-bond acceptors (Lipinski definition) is 2. The lowest BCUT2D eigenvalue weighted by molar-refractivity contribution is -0.112. The van der Waals surface area contributed by atoms with E-state index in [0.717, 1.165) is 54.4 Å². The summed E-state index contributed by atoms with van der Waals surface area (Å²) in [5.74, 6) is 0.230. The van der Waals surface area contributed by atoms with Gasteiger partial charge in [-0.25, -0.2) is 0 Å². The molecule has 1 aromatic rings. The van der Waals surface area contributed by atoms with Crippen molar-refractivity contribution in [1.82, 2.24) is 4.90 Å². The first-order valence-corrected chi connectivity index (χ1v) is 6.57. The molecule has 0 aliphatic carbocycles. The fourth-order valence-electron chi connectivity index (χ4n) is 2.15. The molecule has 1 fully saturated rings. The van der Waals surface area contributed by atoms with Gasteiger partial charge in [-0.1, -0.05) is 29.3 Å². The van der Waals surface area contributed by atoms with Crippen molar-refractivity contribution in [2.24, 2.45) is 5.92 Å². The van der Waals surface area contributed by atoms with Gasteiger partial charge in [0.05, 0.1) is 0 Å². The van der Waals surface area contributed by atoms with Crippen molar-refractivity contribution >= 4 is 29.5 Å². The average molecular weight is 272 g/mol. The van der Waals surface area contributed by atoms with Gasteiger partial charge in [0.2, 0.25) is 0 Å². The third kappa shape index (κ3) is 3.21. The van der Waals surface area contributed by atoms with E-state index >= 15 is 0 Å². The van der Waals surface area contributed by atoms with Gasteiger partial charge in [0.15, 0.2) is 0 Å². The predicted molar refractivity (Wildman–Crippen MR) is 70.5 cm³/mol. The summed E-state index contributed by atoms with van der Waals surface area (Å²) in [6.07, 6.45) is 2.94. The lowest BCUT2D eigenvalue weighted by Crippen LogP contribution is -2.33. The van der Waals surface area contributed by atoms with E-state index in [9.17, 15) is 4.79 Å². The number of carbonyl (C=O) groups excluding carboxylic acids is 1. The molecule has 17 heavy (non-hydrogen) atoms. The Balaban J connectivity index is 2.00. The number of hydrogen-bond donors (Lipinski definition) is 0. The first-order valence-electron chi connectivity index (χ1n) is 5.81. The number of halogens is 2. The smallest absolute Gasteiger partial charge is 0.123 e. The van der Waals surface area contributed by atoms with Crippen LogP contribution >= 0.6 is 23.2 Å². The second-order valence-electron chi connectivity index (χ2n) is 4.45.